The number of carbonyl (C=O) groups is 1. The van der Waals surface area contributed by atoms with E-state index in [-0.39, 0.29) is 18.7 Å². The third kappa shape index (κ3) is 4.25. The maximum absolute atomic E-state index is 12.3. The molecule has 1 aromatic rings. The van der Waals surface area contributed by atoms with E-state index in [1.807, 2.05) is 10.7 Å². The molecule has 0 bridgehead atoms. The molecule has 2 fully saturated rings. The molecule has 1 heterocycles. The molecule has 6 heteroatoms. The Morgan fingerprint density at radius 2 is 1.91 bits per heavy atom. The minimum Gasteiger partial charge on any atom is -0.396 e. The van der Waals surface area contributed by atoms with E-state index in [1.165, 1.54) is 19.3 Å². The van der Waals surface area contributed by atoms with Crippen molar-refractivity contribution in [3.05, 3.63) is 12.3 Å². The van der Waals surface area contributed by atoms with Gasteiger partial charge < -0.3 is 10.4 Å². The van der Waals surface area contributed by atoms with E-state index < -0.39 is 0 Å². The Bertz CT molecular complexity index is 502. The molecule has 0 aromatic carbocycles. The molecule has 0 atom stereocenters. The van der Waals surface area contributed by atoms with Gasteiger partial charge in [0.05, 0.1) is 12.2 Å². The number of aromatic nitrogens is 2. The number of urea groups is 1. The number of hydrogen-bond donors (Lipinski definition) is 3. The zero-order valence-electron chi connectivity index (χ0n) is 13.7. The molecule has 0 unspecified atom stereocenters. The first-order valence-corrected chi connectivity index (χ1v) is 8.98. The zero-order chi connectivity index (χ0) is 16.1. The van der Waals surface area contributed by atoms with Crippen molar-refractivity contribution in [1.82, 2.24) is 15.1 Å². The highest BCUT2D eigenvalue weighted by atomic mass is 16.3. The summed E-state index contributed by atoms with van der Waals surface area (Å²) in [7, 11) is 0. The Kier molecular flexibility index (Phi) is 5.54. The predicted molar refractivity (Wildman–Crippen MR) is 89.3 cm³/mol. The number of aliphatic hydroxyl groups excluding tert-OH is 1. The molecule has 0 aliphatic heterocycles. The third-order valence-corrected chi connectivity index (χ3v) is 5.27. The smallest absolute Gasteiger partial charge is 0.320 e. The summed E-state index contributed by atoms with van der Waals surface area (Å²) < 4.78 is 1.97. The van der Waals surface area contributed by atoms with Crippen LogP contribution in [0.2, 0.25) is 0 Å². The van der Waals surface area contributed by atoms with Crippen molar-refractivity contribution in [1.29, 1.82) is 0 Å². The molecular weight excluding hydrogens is 292 g/mol. The summed E-state index contributed by atoms with van der Waals surface area (Å²) in [5.41, 5.74) is 0. The van der Waals surface area contributed by atoms with Crippen molar-refractivity contribution in [3.8, 4) is 0 Å². The fraction of sp³-hybridized carbons (Fsp3) is 0.765. The van der Waals surface area contributed by atoms with Gasteiger partial charge in [0.1, 0.15) is 5.82 Å². The topological polar surface area (TPSA) is 79.2 Å². The number of rotatable bonds is 4. The standard InChI is InChI=1S/C17H28N4O2/c22-12-13-6-8-14(9-7-13)19-17(23)20-16-10-11-18-21(16)15-4-2-1-3-5-15/h10-11,13-15,22H,1-9,12H2,(H2,19,20,23). The third-order valence-electron chi connectivity index (χ3n) is 5.27. The first-order valence-electron chi connectivity index (χ1n) is 8.98. The van der Waals surface area contributed by atoms with E-state index in [2.05, 4.69) is 15.7 Å². The summed E-state index contributed by atoms with van der Waals surface area (Å²) in [6, 6.07) is 2.35. The molecule has 1 aromatic heterocycles. The largest absolute Gasteiger partial charge is 0.396 e. The molecule has 0 radical (unpaired) electrons. The van der Waals surface area contributed by atoms with Crippen molar-refractivity contribution < 1.29 is 9.90 Å². The number of carbonyl (C=O) groups excluding carboxylic acids is 1. The monoisotopic (exact) mass is 320 g/mol. The highest BCUT2D eigenvalue weighted by Crippen LogP contribution is 2.30. The van der Waals surface area contributed by atoms with Crippen molar-refractivity contribution in [2.24, 2.45) is 5.92 Å². The van der Waals surface area contributed by atoms with Crippen molar-refractivity contribution in [2.75, 3.05) is 11.9 Å². The van der Waals surface area contributed by atoms with Crippen LogP contribution in [-0.4, -0.2) is 33.6 Å². The number of nitrogens with zero attached hydrogens (tertiary/aromatic N) is 2. The normalized spacial score (nSPS) is 26.0. The molecule has 23 heavy (non-hydrogen) atoms. The van der Waals surface area contributed by atoms with E-state index >= 15 is 0 Å². The second kappa shape index (κ2) is 7.81. The lowest BCUT2D eigenvalue weighted by atomic mass is 9.87. The summed E-state index contributed by atoms with van der Waals surface area (Å²) in [5, 5.41) is 19.6. The van der Waals surface area contributed by atoms with Gasteiger partial charge in [0.2, 0.25) is 0 Å². The van der Waals surface area contributed by atoms with Gasteiger partial charge in [0.15, 0.2) is 0 Å². The summed E-state index contributed by atoms with van der Waals surface area (Å²) in [4.78, 5) is 12.3. The van der Waals surface area contributed by atoms with Gasteiger partial charge in [0, 0.05) is 18.7 Å². The molecule has 2 amide bonds. The van der Waals surface area contributed by atoms with Gasteiger partial charge in [0.25, 0.3) is 0 Å². The Morgan fingerprint density at radius 3 is 2.61 bits per heavy atom. The molecule has 3 N–H and O–H groups in total. The Balaban J connectivity index is 1.51. The first kappa shape index (κ1) is 16.3. The quantitative estimate of drug-likeness (QED) is 0.797. The molecule has 3 rings (SSSR count). The molecule has 2 aliphatic carbocycles. The van der Waals surface area contributed by atoms with E-state index in [0.717, 1.165) is 44.3 Å². The predicted octanol–water partition coefficient (Wildman–Crippen LogP) is 3.06. The van der Waals surface area contributed by atoms with Crippen LogP contribution >= 0.6 is 0 Å². The minimum atomic E-state index is -0.144. The second-order valence-corrected chi connectivity index (χ2v) is 6.95. The molecule has 6 nitrogen and oxygen atoms in total. The van der Waals surface area contributed by atoms with E-state index in [9.17, 15) is 9.90 Å². The lowest BCUT2D eigenvalue weighted by molar-refractivity contribution is 0.176. The molecular formula is C17H28N4O2. The van der Waals surface area contributed by atoms with Gasteiger partial charge in [-0.25, -0.2) is 9.48 Å². The molecule has 0 spiro atoms. The maximum atomic E-state index is 12.3. The SMILES string of the molecule is O=C(Nc1ccnn1C1CCCCC1)NC1CCC(CO)CC1. The van der Waals surface area contributed by atoms with E-state index in [0.29, 0.717) is 12.0 Å². The highest BCUT2D eigenvalue weighted by Gasteiger charge is 2.23. The van der Waals surface area contributed by atoms with Crippen molar-refractivity contribution in [3.63, 3.8) is 0 Å². The summed E-state index contributed by atoms with van der Waals surface area (Å²) >= 11 is 0. The number of hydrogen-bond acceptors (Lipinski definition) is 3. The van der Waals surface area contributed by atoms with Crippen LogP contribution < -0.4 is 10.6 Å². The number of anilines is 1. The number of amides is 2. The minimum absolute atomic E-state index is 0.144. The van der Waals surface area contributed by atoms with Gasteiger partial charge in [-0.15, -0.1) is 0 Å². The van der Waals surface area contributed by atoms with Crippen LogP contribution in [0.4, 0.5) is 10.6 Å². The van der Waals surface area contributed by atoms with Gasteiger partial charge >= 0.3 is 6.03 Å². The van der Waals surface area contributed by atoms with Gasteiger partial charge in [-0.3, -0.25) is 5.32 Å². The van der Waals surface area contributed by atoms with Crippen molar-refractivity contribution >= 4 is 11.8 Å². The summed E-state index contributed by atoms with van der Waals surface area (Å²) in [6.07, 6.45) is 11.7. The Hall–Kier alpha value is -1.56. The first-order chi connectivity index (χ1) is 11.3. The average Bonchev–Trinajstić information content (AvgIpc) is 3.04. The second-order valence-electron chi connectivity index (χ2n) is 6.95. The summed E-state index contributed by atoms with van der Waals surface area (Å²) in [5.74, 6) is 1.20. The maximum Gasteiger partial charge on any atom is 0.320 e. The molecule has 2 saturated carbocycles. The van der Waals surface area contributed by atoms with Crippen molar-refractivity contribution in [2.45, 2.75) is 69.9 Å². The lowest BCUT2D eigenvalue weighted by Crippen LogP contribution is -2.40. The molecule has 2 aliphatic rings. The van der Waals surface area contributed by atoms with Crippen LogP contribution in [0.25, 0.3) is 0 Å². The van der Waals surface area contributed by atoms with Crippen LogP contribution in [0.15, 0.2) is 12.3 Å². The van der Waals surface area contributed by atoms with Crippen LogP contribution in [0.5, 0.6) is 0 Å². The van der Waals surface area contributed by atoms with Crippen LogP contribution in [-0.2, 0) is 0 Å². The Morgan fingerprint density at radius 1 is 1.17 bits per heavy atom. The zero-order valence-corrected chi connectivity index (χ0v) is 13.7. The van der Waals surface area contributed by atoms with Crippen LogP contribution in [0.1, 0.15) is 63.8 Å². The highest BCUT2D eigenvalue weighted by molar-refractivity contribution is 5.88. The Labute approximate surface area is 137 Å². The van der Waals surface area contributed by atoms with Crippen LogP contribution in [0, 0.1) is 5.92 Å². The average molecular weight is 320 g/mol. The fourth-order valence-corrected chi connectivity index (χ4v) is 3.86. The van der Waals surface area contributed by atoms with Gasteiger partial charge in [-0.2, -0.15) is 5.10 Å². The van der Waals surface area contributed by atoms with Crippen LogP contribution in [0.3, 0.4) is 0 Å². The number of aliphatic hydroxyl groups is 1. The van der Waals surface area contributed by atoms with Gasteiger partial charge in [-0.05, 0) is 44.4 Å². The van der Waals surface area contributed by atoms with Gasteiger partial charge in [-0.1, -0.05) is 19.3 Å². The fourth-order valence-electron chi connectivity index (χ4n) is 3.86. The lowest BCUT2D eigenvalue weighted by Gasteiger charge is -2.28. The summed E-state index contributed by atoms with van der Waals surface area (Å²) in [6.45, 7) is 0.263. The van der Waals surface area contributed by atoms with E-state index in [1.54, 1.807) is 6.20 Å². The number of nitrogens with one attached hydrogen (secondary N) is 2. The van der Waals surface area contributed by atoms with E-state index in [4.69, 9.17) is 0 Å². The molecule has 0 saturated heterocycles. The molecule has 128 valence electrons.